The van der Waals surface area contributed by atoms with Gasteiger partial charge in [-0.05, 0) is 47.4 Å². The number of aliphatic hydroxyl groups is 1. The maximum absolute atomic E-state index is 15.0. The predicted octanol–water partition coefficient (Wildman–Crippen LogP) is 5.30. The van der Waals surface area contributed by atoms with E-state index in [-0.39, 0.29) is 37.7 Å². The minimum Gasteiger partial charge on any atom is -0.497 e. The number of hydrogen-bond acceptors (Lipinski definition) is 17. The van der Waals surface area contributed by atoms with Crippen LogP contribution in [-0.2, 0) is 33.4 Å². The third kappa shape index (κ3) is 8.74. The first kappa shape index (κ1) is 44.1. The molecule has 3 aromatic carbocycles. The van der Waals surface area contributed by atoms with E-state index in [2.05, 4.69) is 35.0 Å². The van der Waals surface area contributed by atoms with Crippen molar-refractivity contribution in [3.8, 4) is 11.5 Å². The van der Waals surface area contributed by atoms with Gasteiger partial charge in [0.05, 0.1) is 46.2 Å². The van der Waals surface area contributed by atoms with E-state index in [4.69, 9.17) is 44.2 Å². The standard InChI is InChI=1S/C44H50N11O9P/c1-4-18-53-65(57,61-22-34-32(56)19-36(62-34)54-25-51-38-40(45)47-23-49-42(38)54)64-33-20-37(55-26-52-39-41(46)48-24-50-43(39)55)63-35(33)21-60-44(27-8-6-5-7-9-27,28-10-14-30(58-2)15-11-28)29-12-16-31(59-3)17-13-29/h5-17,23-26,32-37,56H,4,18-22H2,1-3H3,(H,53,57)(H2,45,47,49)(H2,46,48,50)/t32-,33-,34+,35+,36+,37+,65?/m0/s1. The summed E-state index contributed by atoms with van der Waals surface area (Å²) in [6.07, 6.45) is 1.80. The second-order valence-corrected chi connectivity index (χ2v) is 17.4. The minimum absolute atomic E-state index is 0.0648. The molecule has 21 heteroatoms. The Balaban J connectivity index is 1.04. The molecule has 340 valence electrons. The van der Waals surface area contributed by atoms with Crippen molar-refractivity contribution in [1.29, 1.82) is 0 Å². The largest absolute Gasteiger partial charge is 0.497 e. The third-order valence-corrected chi connectivity index (χ3v) is 13.3. The van der Waals surface area contributed by atoms with Crippen LogP contribution in [-0.4, -0.2) is 103 Å². The van der Waals surface area contributed by atoms with Gasteiger partial charge in [0.15, 0.2) is 22.9 Å². The fourth-order valence-corrected chi connectivity index (χ4v) is 9.97. The third-order valence-electron chi connectivity index (χ3n) is 11.7. The summed E-state index contributed by atoms with van der Waals surface area (Å²) in [4.78, 5) is 25.7. The molecule has 4 aromatic heterocycles. The zero-order chi connectivity index (χ0) is 45.1. The number of nitrogens with zero attached hydrogens (tertiary/aromatic N) is 8. The van der Waals surface area contributed by atoms with Crippen LogP contribution >= 0.6 is 7.75 Å². The van der Waals surface area contributed by atoms with E-state index in [0.29, 0.717) is 46.8 Å². The number of anilines is 2. The lowest BCUT2D eigenvalue weighted by molar-refractivity contribution is -0.0923. The van der Waals surface area contributed by atoms with Crippen molar-refractivity contribution < 1.29 is 42.4 Å². The molecule has 7 aromatic rings. The Kier molecular flexibility index (Phi) is 12.8. The van der Waals surface area contributed by atoms with Crippen molar-refractivity contribution >= 4 is 41.7 Å². The first-order chi connectivity index (χ1) is 31.6. The van der Waals surface area contributed by atoms with Gasteiger partial charge in [-0.2, -0.15) is 0 Å². The van der Waals surface area contributed by atoms with Crippen molar-refractivity contribution in [2.75, 3.05) is 45.4 Å². The number of methoxy groups -OCH3 is 2. The number of nitrogen functional groups attached to an aromatic ring is 2. The number of rotatable bonds is 18. The molecule has 0 radical (unpaired) electrons. The van der Waals surface area contributed by atoms with Crippen molar-refractivity contribution in [3.63, 3.8) is 0 Å². The smallest absolute Gasteiger partial charge is 0.405 e. The topological polar surface area (TPSA) is 253 Å². The van der Waals surface area contributed by atoms with Crippen LogP contribution in [0.25, 0.3) is 22.3 Å². The highest BCUT2D eigenvalue weighted by atomic mass is 31.2. The normalized spacial score (nSPS) is 22.1. The summed E-state index contributed by atoms with van der Waals surface area (Å²) >= 11 is 0. The van der Waals surface area contributed by atoms with Crippen LogP contribution in [0.5, 0.6) is 11.5 Å². The van der Waals surface area contributed by atoms with Crippen LogP contribution in [0.15, 0.2) is 104 Å². The number of aliphatic hydroxyl groups excluding tert-OH is 1. The van der Waals surface area contributed by atoms with E-state index in [9.17, 15) is 9.67 Å². The zero-order valence-electron chi connectivity index (χ0n) is 35.9. The first-order valence-corrected chi connectivity index (χ1v) is 22.7. The average Bonchev–Trinajstić information content (AvgIpc) is 4.15. The average molecular weight is 908 g/mol. The van der Waals surface area contributed by atoms with Gasteiger partial charge < -0.3 is 40.3 Å². The number of benzene rings is 3. The summed E-state index contributed by atoms with van der Waals surface area (Å²) in [6.45, 7) is 1.89. The molecule has 0 bridgehead atoms. The molecular formula is C44H50N11O9P. The molecule has 2 saturated heterocycles. The molecule has 7 atom stereocenters. The lowest BCUT2D eigenvalue weighted by atomic mass is 9.80. The molecule has 1 unspecified atom stereocenters. The highest BCUT2D eigenvalue weighted by Gasteiger charge is 2.47. The van der Waals surface area contributed by atoms with Crippen LogP contribution in [0.1, 0.15) is 55.3 Å². The quantitative estimate of drug-likeness (QED) is 0.0629. The Hall–Kier alpha value is -6.09. The van der Waals surface area contributed by atoms with Crippen molar-refractivity contribution in [2.24, 2.45) is 0 Å². The maximum atomic E-state index is 15.0. The highest BCUT2D eigenvalue weighted by Crippen LogP contribution is 2.51. The Bertz CT molecular complexity index is 2710. The molecule has 2 aliphatic rings. The zero-order valence-corrected chi connectivity index (χ0v) is 36.8. The minimum atomic E-state index is -4.17. The Labute approximate surface area is 373 Å². The van der Waals surface area contributed by atoms with Gasteiger partial charge in [0.25, 0.3) is 0 Å². The summed E-state index contributed by atoms with van der Waals surface area (Å²) in [6, 6.07) is 25.2. The van der Waals surface area contributed by atoms with Crippen molar-refractivity contribution in [1.82, 2.24) is 44.1 Å². The van der Waals surface area contributed by atoms with Gasteiger partial charge in [-0.15, -0.1) is 0 Å². The van der Waals surface area contributed by atoms with Crippen LogP contribution in [0, 0.1) is 0 Å². The van der Waals surface area contributed by atoms with Gasteiger partial charge >= 0.3 is 7.75 Å². The molecule has 2 aliphatic heterocycles. The van der Waals surface area contributed by atoms with Gasteiger partial charge in [0.2, 0.25) is 0 Å². The number of imidazole rings is 2. The van der Waals surface area contributed by atoms with Gasteiger partial charge in [-0.3, -0.25) is 18.2 Å². The molecule has 9 rings (SSSR count). The summed E-state index contributed by atoms with van der Waals surface area (Å²) in [5.74, 6) is 1.79. The van der Waals surface area contributed by atoms with Crippen LogP contribution in [0.2, 0.25) is 0 Å². The molecule has 0 saturated carbocycles. The number of fused-ring (bicyclic) bond motifs is 2. The lowest BCUT2D eigenvalue weighted by Gasteiger charge is -2.37. The number of nitrogens with one attached hydrogen (secondary N) is 1. The highest BCUT2D eigenvalue weighted by molar-refractivity contribution is 7.51. The van der Waals surface area contributed by atoms with Gasteiger partial charge in [-0.1, -0.05) is 61.5 Å². The van der Waals surface area contributed by atoms with Crippen LogP contribution in [0.3, 0.4) is 0 Å². The number of nitrogens with two attached hydrogens (primary N) is 2. The van der Waals surface area contributed by atoms with Gasteiger partial charge in [-0.25, -0.2) is 39.6 Å². The maximum Gasteiger partial charge on any atom is 0.405 e. The van der Waals surface area contributed by atoms with Crippen LogP contribution in [0.4, 0.5) is 11.6 Å². The van der Waals surface area contributed by atoms with Gasteiger partial charge in [0.1, 0.15) is 71.6 Å². The molecule has 0 amide bonds. The van der Waals surface area contributed by atoms with E-state index < -0.39 is 50.2 Å². The van der Waals surface area contributed by atoms with Crippen molar-refractivity contribution in [2.45, 2.75) is 68.7 Å². The second kappa shape index (κ2) is 18.8. The molecule has 0 spiro atoms. The summed E-state index contributed by atoms with van der Waals surface area (Å²) in [7, 11) is -0.943. The fourth-order valence-electron chi connectivity index (χ4n) is 8.32. The number of hydrogen-bond donors (Lipinski definition) is 4. The molecule has 2 fully saturated rings. The number of aromatic nitrogens is 8. The Morgan fingerprint density at radius 3 is 1.83 bits per heavy atom. The summed E-state index contributed by atoms with van der Waals surface area (Å²) in [5.41, 5.74) is 15.1. The molecule has 6 N–H and O–H groups in total. The fraction of sp³-hybridized carbons (Fsp3) is 0.364. The second-order valence-electron chi connectivity index (χ2n) is 15.6. The number of ether oxygens (including phenoxy) is 5. The van der Waals surface area contributed by atoms with E-state index in [0.717, 1.165) is 16.7 Å². The molecule has 6 heterocycles. The van der Waals surface area contributed by atoms with Gasteiger partial charge in [0, 0.05) is 19.4 Å². The van der Waals surface area contributed by atoms with Crippen LogP contribution < -0.4 is 26.0 Å². The first-order valence-electron chi connectivity index (χ1n) is 21.1. The monoisotopic (exact) mass is 907 g/mol. The summed E-state index contributed by atoms with van der Waals surface area (Å²) < 4.78 is 62.6. The Morgan fingerprint density at radius 2 is 1.28 bits per heavy atom. The molecule has 20 nitrogen and oxygen atoms in total. The van der Waals surface area contributed by atoms with E-state index in [1.54, 1.807) is 29.7 Å². The van der Waals surface area contributed by atoms with E-state index >= 15 is 0 Å². The molecule has 0 aliphatic carbocycles. The molecule has 65 heavy (non-hydrogen) atoms. The Morgan fingerprint density at radius 1 is 0.738 bits per heavy atom. The van der Waals surface area contributed by atoms with Crippen molar-refractivity contribution in [3.05, 3.63) is 121 Å². The SMILES string of the molecule is CCCNP(=O)(OC[C@H]1O[C@@H](n2cnc3c(N)ncnc32)C[C@@H]1O)O[C@H]1C[C@H](n2cnc3c(N)ncnc32)O[C@@H]1COC(c1ccccc1)(c1ccc(OC)cc1)c1ccc(OC)cc1. The molecular weight excluding hydrogens is 858 g/mol. The predicted molar refractivity (Wildman–Crippen MR) is 238 cm³/mol. The lowest BCUT2D eigenvalue weighted by Crippen LogP contribution is -2.39. The summed E-state index contributed by atoms with van der Waals surface area (Å²) in [5, 5.41) is 14.2. The van der Waals surface area contributed by atoms with E-state index in [1.807, 2.05) is 85.8 Å². The van der Waals surface area contributed by atoms with E-state index in [1.165, 1.54) is 19.0 Å².